The smallest absolute Gasteiger partial charge is 0.264 e. The van der Waals surface area contributed by atoms with Gasteiger partial charge in [0.25, 0.3) is 10.0 Å². The zero-order valence-electron chi connectivity index (χ0n) is 10.5. The van der Waals surface area contributed by atoms with Gasteiger partial charge in [-0.25, -0.2) is 21.8 Å². The number of fused-ring (bicyclic) bond motifs is 1. The number of benzene rings is 2. The van der Waals surface area contributed by atoms with Crippen LogP contribution in [0.2, 0.25) is 5.02 Å². The minimum Gasteiger partial charge on any atom is -0.276 e. The third kappa shape index (κ3) is 2.38. The van der Waals surface area contributed by atoms with Gasteiger partial charge in [-0.15, -0.1) is 0 Å². The zero-order chi connectivity index (χ0) is 15.9. The minimum absolute atomic E-state index is 0.0456. The van der Waals surface area contributed by atoms with Gasteiger partial charge >= 0.3 is 0 Å². The number of sulfonamides is 1. The first-order chi connectivity index (χ1) is 10.4. The predicted molar refractivity (Wildman–Crippen MR) is 74.0 cm³/mol. The lowest BCUT2D eigenvalue weighted by Gasteiger charge is -2.09. The zero-order valence-corrected chi connectivity index (χ0v) is 12.1. The van der Waals surface area contributed by atoms with E-state index in [0.717, 1.165) is 18.2 Å². The molecular formula is C12H6ClF2N3O3S. The normalized spacial score (nSPS) is 11.8. The molecule has 0 amide bonds. The molecule has 0 atom stereocenters. The highest BCUT2D eigenvalue weighted by Gasteiger charge is 2.23. The molecule has 114 valence electrons. The van der Waals surface area contributed by atoms with Crippen LogP contribution in [-0.2, 0) is 10.0 Å². The molecule has 1 heterocycles. The van der Waals surface area contributed by atoms with Crippen molar-refractivity contribution in [1.82, 2.24) is 10.3 Å². The molecule has 0 bridgehead atoms. The summed E-state index contributed by atoms with van der Waals surface area (Å²) in [5.74, 6) is -2.49. The summed E-state index contributed by atoms with van der Waals surface area (Å²) in [4.78, 5) is -0.322. The van der Waals surface area contributed by atoms with Crippen molar-refractivity contribution in [2.75, 3.05) is 4.72 Å². The maximum absolute atomic E-state index is 13.6. The van der Waals surface area contributed by atoms with Gasteiger partial charge in [0.15, 0.2) is 22.7 Å². The molecule has 0 aliphatic carbocycles. The fraction of sp³-hybridized carbons (Fsp3) is 0. The van der Waals surface area contributed by atoms with Gasteiger partial charge < -0.3 is 0 Å². The minimum atomic E-state index is -4.24. The first-order valence-electron chi connectivity index (χ1n) is 5.78. The van der Waals surface area contributed by atoms with Crippen LogP contribution in [0.25, 0.3) is 11.0 Å². The molecule has 0 fully saturated rings. The molecule has 10 heteroatoms. The highest BCUT2D eigenvalue weighted by molar-refractivity contribution is 7.93. The van der Waals surface area contributed by atoms with Crippen molar-refractivity contribution < 1.29 is 21.8 Å². The number of halogens is 3. The van der Waals surface area contributed by atoms with Gasteiger partial charge in [-0.3, -0.25) is 4.72 Å². The summed E-state index contributed by atoms with van der Waals surface area (Å²) < 4.78 is 57.8. The van der Waals surface area contributed by atoms with Gasteiger partial charge in [0.1, 0.15) is 4.90 Å². The molecule has 3 aromatic rings. The Morgan fingerprint density at radius 3 is 2.59 bits per heavy atom. The first-order valence-corrected chi connectivity index (χ1v) is 7.64. The lowest BCUT2D eigenvalue weighted by atomic mass is 10.3. The number of nitrogens with zero attached hydrogens (tertiary/aromatic N) is 2. The maximum atomic E-state index is 13.6. The summed E-state index contributed by atoms with van der Waals surface area (Å²) in [5.41, 5.74) is -0.597. The molecule has 0 saturated heterocycles. The second-order valence-electron chi connectivity index (χ2n) is 4.21. The maximum Gasteiger partial charge on any atom is 0.264 e. The van der Waals surface area contributed by atoms with Crippen LogP contribution in [-0.4, -0.2) is 18.7 Å². The first kappa shape index (κ1) is 14.7. The summed E-state index contributed by atoms with van der Waals surface area (Å²) in [7, 11) is -4.24. The number of rotatable bonds is 3. The summed E-state index contributed by atoms with van der Waals surface area (Å²) in [6, 6.07) is 5.57. The summed E-state index contributed by atoms with van der Waals surface area (Å²) >= 11 is 5.84. The number of hydrogen-bond donors (Lipinski definition) is 1. The Kier molecular flexibility index (Phi) is 3.45. The van der Waals surface area contributed by atoms with Crippen LogP contribution >= 0.6 is 11.6 Å². The van der Waals surface area contributed by atoms with E-state index in [4.69, 9.17) is 11.6 Å². The summed E-state index contributed by atoms with van der Waals surface area (Å²) in [6.45, 7) is 0. The van der Waals surface area contributed by atoms with Gasteiger partial charge in [-0.05, 0) is 34.6 Å². The molecule has 0 aliphatic heterocycles. The fourth-order valence-electron chi connectivity index (χ4n) is 1.81. The van der Waals surface area contributed by atoms with E-state index in [1.54, 1.807) is 0 Å². The van der Waals surface area contributed by atoms with E-state index in [2.05, 4.69) is 14.9 Å². The Morgan fingerprint density at radius 2 is 1.82 bits per heavy atom. The van der Waals surface area contributed by atoms with Crippen LogP contribution in [0.1, 0.15) is 0 Å². The number of nitrogens with one attached hydrogen (secondary N) is 1. The SMILES string of the molecule is O=S(=O)(Nc1cccc(F)c1F)c1ccc(Cl)c2nonc12. The lowest BCUT2D eigenvalue weighted by Crippen LogP contribution is -2.15. The standard InChI is InChI=1S/C12H6ClF2N3O3S/c13-6-4-5-9(12-11(6)16-21-17-12)22(19,20)18-8-3-1-2-7(14)10(8)15/h1-5,18H. The van der Waals surface area contributed by atoms with Gasteiger partial charge in [-0.2, -0.15) is 0 Å². The van der Waals surface area contributed by atoms with Crippen LogP contribution < -0.4 is 4.72 Å². The van der Waals surface area contributed by atoms with Crippen LogP contribution in [0.15, 0.2) is 39.9 Å². The van der Waals surface area contributed by atoms with Crippen molar-refractivity contribution in [2.45, 2.75) is 4.90 Å². The van der Waals surface area contributed by atoms with Crippen LogP contribution in [0, 0.1) is 11.6 Å². The molecule has 1 N–H and O–H groups in total. The predicted octanol–water partition coefficient (Wildman–Crippen LogP) is 2.96. The van der Waals surface area contributed by atoms with Crippen molar-refractivity contribution in [3.05, 3.63) is 47.0 Å². The molecule has 3 rings (SSSR count). The molecule has 22 heavy (non-hydrogen) atoms. The van der Waals surface area contributed by atoms with E-state index in [1.165, 1.54) is 12.1 Å². The van der Waals surface area contributed by atoms with Crippen molar-refractivity contribution in [1.29, 1.82) is 0 Å². The Labute approximate surface area is 127 Å². The van der Waals surface area contributed by atoms with Crippen LogP contribution in [0.5, 0.6) is 0 Å². The second kappa shape index (κ2) is 5.18. The summed E-state index contributed by atoms with van der Waals surface area (Å²) in [5, 5.41) is 7.10. The largest absolute Gasteiger partial charge is 0.276 e. The number of hydrogen-bond acceptors (Lipinski definition) is 5. The van der Waals surface area contributed by atoms with Gasteiger partial charge in [0, 0.05) is 0 Å². The Hall–Kier alpha value is -2.26. The van der Waals surface area contributed by atoms with E-state index < -0.39 is 27.3 Å². The van der Waals surface area contributed by atoms with Crippen molar-refractivity contribution in [2.24, 2.45) is 0 Å². The highest BCUT2D eigenvalue weighted by atomic mass is 35.5. The van der Waals surface area contributed by atoms with E-state index in [1.807, 2.05) is 4.72 Å². The van der Waals surface area contributed by atoms with E-state index in [0.29, 0.717) is 0 Å². The lowest BCUT2D eigenvalue weighted by molar-refractivity contribution is 0.315. The fourth-order valence-corrected chi connectivity index (χ4v) is 3.19. The Balaban J connectivity index is 2.11. The number of aromatic nitrogens is 2. The molecule has 0 radical (unpaired) electrons. The quantitative estimate of drug-likeness (QED) is 0.788. The van der Waals surface area contributed by atoms with E-state index in [9.17, 15) is 17.2 Å². The van der Waals surface area contributed by atoms with Crippen LogP contribution in [0.3, 0.4) is 0 Å². The molecule has 6 nitrogen and oxygen atoms in total. The third-order valence-corrected chi connectivity index (χ3v) is 4.52. The number of anilines is 1. The van der Waals surface area contributed by atoms with Crippen molar-refractivity contribution >= 4 is 38.3 Å². The molecule has 1 aromatic heterocycles. The van der Waals surface area contributed by atoms with E-state index >= 15 is 0 Å². The molecule has 0 unspecified atom stereocenters. The third-order valence-electron chi connectivity index (χ3n) is 2.81. The average Bonchev–Trinajstić information content (AvgIpc) is 2.94. The topological polar surface area (TPSA) is 85.1 Å². The van der Waals surface area contributed by atoms with E-state index in [-0.39, 0.29) is 21.0 Å². The molecule has 0 aliphatic rings. The van der Waals surface area contributed by atoms with Crippen LogP contribution in [0.4, 0.5) is 14.5 Å². The second-order valence-corrected chi connectivity index (χ2v) is 6.27. The van der Waals surface area contributed by atoms with Gasteiger partial charge in [0.05, 0.1) is 10.7 Å². The molecule has 0 spiro atoms. The van der Waals surface area contributed by atoms with Gasteiger partial charge in [0.2, 0.25) is 0 Å². The molecular weight excluding hydrogens is 340 g/mol. The Bertz CT molecular complexity index is 975. The van der Waals surface area contributed by atoms with Crippen molar-refractivity contribution in [3.8, 4) is 0 Å². The Morgan fingerprint density at radius 1 is 1.09 bits per heavy atom. The monoisotopic (exact) mass is 345 g/mol. The highest BCUT2D eigenvalue weighted by Crippen LogP contribution is 2.28. The molecule has 0 saturated carbocycles. The molecule has 2 aromatic carbocycles. The average molecular weight is 346 g/mol. The van der Waals surface area contributed by atoms with Gasteiger partial charge in [-0.1, -0.05) is 17.7 Å². The van der Waals surface area contributed by atoms with Crippen molar-refractivity contribution in [3.63, 3.8) is 0 Å². The summed E-state index contributed by atoms with van der Waals surface area (Å²) in [6.07, 6.45) is 0.